The molecule has 0 aliphatic heterocycles. The number of aromatic nitrogens is 1. The Kier molecular flexibility index (Phi) is 7.42. The fourth-order valence-corrected chi connectivity index (χ4v) is 4.08. The highest BCUT2D eigenvalue weighted by Crippen LogP contribution is 2.34. The van der Waals surface area contributed by atoms with Gasteiger partial charge in [0.05, 0.1) is 0 Å². The van der Waals surface area contributed by atoms with Crippen molar-refractivity contribution in [2.24, 2.45) is 11.5 Å². The molecule has 4 rings (SSSR count). The molecule has 0 aliphatic rings. The van der Waals surface area contributed by atoms with E-state index in [1.807, 2.05) is 54.7 Å². The number of para-hydroxylation sites is 1. The van der Waals surface area contributed by atoms with E-state index in [0.717, 1.165) is 27.6 Å². The standard InChI is InChI=1S/C26H27F3N4O2/c27-26(28,29)35-24-10-9-18(17-7-5-16(13-30)6-8-17)12-22(24)25(34)33-20(14-31)11-19-15-32-23-4-2-1-3-21(19)23/h1-10,12,15,20,25,32-34H,11,13-14,30-31H2. The van der Waals surface area contributed by atoms with Crippen molar-refractivity contribution in [2.75, 3.05) is 6.54 Å². The lowest BCUT2D eigenvalue weighted by atomic mass is 9.99. The monoisotopic (exact) mass is 484 g/mol. The second-order valence-corrected chi connectivity index (χ2v) is 8.27. The zero-order valence-electron chi connectivity index (χ0n) is 18.8. The Balaban J connectivity index is 1.61. The van der Waals surface area contributed by atoms with Crippen LogP contribution in [0.2, 0.25) is 0 Å². The molecule has 0 saturated heterocycles. The van der Waals surface area contributed by atoms with E-state index in [0.29, 0.717) is 18.5 Å². The second kappa shape index (κ2) is 10.5. The number of rotatable bonds is 9. The van der Waals surface area contributed by atoms with E-state index in [-0.39, 0.29) is 12.1 Å². The maximum atomic E-state index is 13.1. The number of nitrogens with two attached hydrogens (primary N) is 2. The minimum absolute atomic E-state index is 0.0416. The minimum atomic E-state index is -4.91. The Hall–Kier alpha value is -3.37. The highest BCUT2D eigenvalue weighted by Gasteiger charge is 2.33. The molecule has 9 heteroatoms. The number of hydrogen-bond donors (Lipinski definition) is 5. The van der Waals surface area contributed by atoms with Crippen molar-refractivity contribution in [3.05, 3.63) is 89.6 Å². The largest absolute Gasteiger partial charge is 0.573 e. The van der Waals surface area contributed by atoms with Crippen LogP contribution in [0, 0.1) is 0 Å². The molecule has 3 aromatic carbocycles. The summed E-state index contributed by atoms with van der Waals surface area (Å²) in [5.41, 5.74) is 15.8. The average Bonchev–Trinajstić information content (AvgIpc) is 3.25. The molecule has 0 bridgehead atoms. The van der Waals surface area contributed by atoms with Crippen molar-refractivity contribution in [1.82, 2.24) is 10.3 Å². The van der Waals surface area contributed by atoms with E-state index in [1.54, 1.807) is 0 Å². The van der Waals surface area contributed by atoms with Crippen molar-refractivity contribution in [1.29, 1.82) is 0 Å². The lowest BCUT2D eigenvalue weighted by molar-refractivity contribution is -0.275. The van der Waals surface area contributed by atoms with Crippen molar-refractivity contribution < 1.29 is 23.0 Å². The molecule has 0 radical (unpaired) electrons. The first-order chi connectivity index (χ1) is 16.8. The van der Waals surface area contributed by atoms with Gasteiger partial charge in [0.1, 0.15) is 12.0 Å². The van der Waals surface area contributed by atoms with Gasteiger partial charge in [-0.05, 0) is 46.9 Å². The van der Waals surface area contributed by atoms with E-state index >= 15 is 0 Å². The predicted molar refractivity (Wildman–Crippen MR) is 129 cm³/mol. The van der Waals surface area contributed by atoms with Crippen LogP contribution in [0.1, 0.15) is 22.9 Å². The van der Waals surface area contributed by atoms with E-state index < -0.39 is 24.4 Å². The van der Waals surface area contributed by atoms with Gasteiger partial charge in [-0.2, -0.15) is 0 Å². The van der Waals surface area contributed by atoms with Crippen LogP contribution in [0.15, 0.2) is 72.9 Å². The van der Waals surface area contributed by atoms with Crippen LogP contribution < -0.4 is 21.5 Å². The van der Waals surface area contributed by atoms with Crippen LogP contribution in [0.25, 0.3) is 22.0 Å². The summed E-state index contributed by atoms with van der Waals surface area (Å²) in [6, 6.07) is 18.9. The molecule has 0 saturated carbocycles. The van der Waals surface area contributed by atoms with Crippen LogP contribution in [0.3, 0.4) is 0 Å². The van der Waals surface area contributed by atoms with E-state index in [1.165, 1.54) is 18.2 Å². The number of aliphatic hydroxyl groups is 1. The number of hydrogen-bond acceptors (Lipinski definition) is 5. The van der Waals surface area contributed by atoms with Crippen molar-refractivity contribution in [3.8, 4) is 16.9 Å². The van der Waals surface area contributed by atoms with Gasteiger partial charge in [0, 0.05) is 41.8 Å². The summed E-state index contributed by atoms with van der Waals surface area (Å²) in [5.74, 6) is -0.484. The number of alkyl halides is 3. The number of fused-ring (bicyclic) bond motifs is 1. The third-order valence-corrected chi connectivity index (χ3v) is 5.87. The molecule has 0 aliphatic carbocycles. The lowest BCUT2D eigenvalue weighted by Gasteiger charge is -2.24. The van der Waals surface area contributed by atoms with Crippen molar-refractivity contribution in [3.63, 3.8) is 0 Å². The van der Waals surface area contributed by atoms with Gasteiger partial charge in [-0.3, -0.25) is 5.32 Å². The molecule has 7 N–H and O–H groups in total. The molecule has 0 amide bonds. The van der Waals surface area contributed by atoms with Gasteiger partial charge in [0.2, 0.25) is 0 Å². The Bertz CT molecular complexity index is 1270. The number of halogens is 3. The van der Waals surface area contributed by atoms with Gasteiger partial charge < -0.3 is 26.3 Å². The maximum absolute atomic E-state index is 13.1. The normalized spacial score (nSPS) is 13.7. The molecule has 0 spiro atoms. The third-order valence-electron chi connectivity index (χ3n) is 5.87. The summed E-state index contributed by atoms with van der Waals surface area (Å²) >= 11 is 0. The van der Waals surface area contributed by atoms with Gasteiger partial charge >= 0.3 is 6.36 Å². The second-order valence-electron chi connectivity index (χ2n) is 8.27. The van der Waals surface area contributed by atoms with Gasteiger partial charge in [-0.15, -0.1) is 13.2 Å². The van der Waals surface area contributed by atoms with Crippen LogP contribution >= 0.6 is 0 Å². The predicted octanol–water partition coefficient (Wildman–Crippen LogP) is 4.34. The smallest absolute Gasteiger partial charge is 0.405 e. The number of H-pyrrole nitrogens is 1. The first kappa shape index (κ1) is 24.7. The minimum Gasteiger partial charge on any atom is -0.405 e. The Labute approximate surface area is 200 Å². The SMILES string of the molecule is NCc1ccc(-c2ccc(OC(F)(F)F)c(C(O)NC(CN)Cc3c[nH]c4ccccc34)c2)cc1. The summed E-state index contributed by atoms with van der Waals surface area (Å²) in [4.78, 5) is 3.19. The summed E-state index contributed by atoms with van der Waals surface area (Å²) in [5, 5.41) is 14.9. The molecule has 1 aromatic heterocycles. The lowest BCUT2D eigenvalue weighted by Crippen LogP contribution is -2.40. The van der Waals surface area contributed by atoms with Gasteiger partial charge in [-0.25, -0.2) is 0 Å². The summed E-state index contributed by atoms with van der Waals surface area (Å²) in [7, 11) is 0. The van der Waals surface area contributed by atoms with E-state index in [9.17, 15) is 18.3 Å². The van der Waals surface area contributed by atoms with Crippen molar-refractivity contribution in [2.45, 2.75) is 31.6 Å². The number of benzene rings is 3. The highest BCUT2D eigenvalue weighted by atomic mass is 19.4. The van der Waals surface area contributed by atoms with E-state index in [2.05, 4.69) is 15.0 Å². The number of nitrogens with one attached hydrogen (secondary N) is 2. The zero-order chi connectivity index (χ0) is 25.0. The molecule has 35 heavy (non-hydrogen) atoms. The van der Waals surface area contributed by atoms with E-state index in [4.69, 9.17) is 11.5 Å². The quantitative estimate of drug-likeness (QED) is 0.227. The summed E-state index contributed by atoms with van der Waals surface area (Å²) in [6.45, 7) is 0.537. The molecular weight excluding hydrogens is 457 g/mol. The highest BCUT2D eigenvalue weighted by molar-refractivity contribution is 5.83. The maximum Gasteiger partial charge on any atom is 0.573 e. The number of aliphatic hydroxyl groups excluding tert-OH is 1. The molecule has 0 fully saturated rings. The molecule has 2 atom stereocenters. The number of aromatic amines is 1. The Morgan fingerprint density at radius 2 is 1.69 bits per heavy atom. The number of ether oxygens (including phenoxy) is 1. The van der Waals surface area contributed by atoms with Gasteiger partial charge in [-0.1, -0.05) is 48.5 Å². The topological polar surface area (TPSA) is 109 Å². The van der Waals surface area contributed by atoms with Gasteiger partial charge in [0.15, 0.2) is 0 Å². The summed E-state index contributed by atoms with van der Waals surface area (Å²) in [6.07, 6.45) is -4.02. The Morgan fingerprint density at radius 3 is 2.37 bits per heavy atom. The molecular formula is C26H27F3N4O2. The first-order valence-electron chi connectivity index (χ1n) is 11.2. The van der Waals surface area contributed by atoms with Gasteiger partial charge in [0.25, 0.3) is 0 Å². The average molecular weight is 485 g/mol. The molecule has 6 nitrogen and oxygen atoms in total. The Morgan fingerprint density at radius 1 is 0.971 bits per heavy atom. The molecule has 1 heterocycles. The molecule has 184 valence electrons. The zero-order valence-corrected chi connectivity index (χ0v) is 18.8. The molecule has 2 unspecified atom stereocenters. The van der Waals surface area contributed by atoms with Crippen LogP contribution in [-0.2, 0) is 13.0 Å². The molecule has 4 aromatic rings. The fourth-order valence-electron chi connectivity index (χ4n) is 4.08. The first-order valence-corrected chi connectivity index (χ1v) is 11.2. The van der Waals surface area contributed by atoms with Crippen LogP contribution in [0.5, 0.6) is 5.75 Å². The fraction of sp³-hybridized carbons (Fsp3) is 0.231. The van der Waals surface area contributed by atoms with Crippen LogP contribution in [-0.4, -0.2) is 29.0 Å². The third kappa shape index (κ3) is 6.01. The van der Waals surface area contributed by atoms with Crippen LogP contribution in [0.4, 0.5) is 13.2 Å². The van der Waals surface area contributed by atoms with Crippen molar-refractivity contribution >= 4 is 10.9 Å². The summed E-state index contributed by atoms with van der Waals surface area (Å²) < 4.78 is 43.4.